The maximum absolute atomic E-state index is 13.2. The molecule has 1 saturated heterocycles. The molecule has 2 heterocycles. The van der Waals surface area contributed by atoms with E-state index in [0.717, 1.165) is 37.8 Å². The second-order valence-corrected chi connectivity index (χ2v) is 11.8. The van der Waals surface area contributed by atoms with Crippen molar-refractivity contribution in [1.29, 1.82) is 0 Å². The molecule has 0 spiro atoms. The summed E-state index contributed by atoms with van der Waals surface area (Å²) in [7, 11) is 0. The summed E-state index contributed by atoms with van der Waals surface area (Å²) in [6.45, 7) is 3.32. The van der Waals surface area contributed by atoms with Gasteiger partial charge in [0.1, 0.15) is 13.2 Å². The molecule has 2 aliphatic rings. The summed E-state index contributed by atoms with van der Waals surface area (Å²) in [4.78, 5) is 41.9. The standard InChI is InChI=1S/C30H26ClIN2O5S/c1-2-38-25-14-19(13-24(32)28(25)39-18-22-9-5-6-10-23(22)31)15-26-29(36)34(30(37)40-26)17-27(35)33-12-11-20-7-3-4-8-21(20)16-33/h3-10,13-15H,2,11-12,16-18H2,1H3/b26-15+. The number of ether oxygens (including phenoxy) is 2. The van der Waals surface area contributed by atoms with Gasteiger partial charge in [-0.15, -0.1) is 0 Å². The van der Waals surface area contributed by atoms with E-state index in [1.807, 2.05) is 55.5 Å². The predicted molar refractivity (Wildman–Crippen MR) is 164 cm³/mol. The number of fused-ring (bicyclic) bond motifs is 1. The van der Waals surface area contributed by atoms with Crippen LogP contribution in [0.2, 0.25) is 5.02 Å². The molecule has 0 aliphatic carbocycles. The highest BCUT2D eigenvalue weighted by Crippen LogP contribution is 2.38. The van der Waals surface area contributed by atoms with E-state index in [1.165, 1.54) is 5.56 Å². The zero-order valence-electron chi connectivity index (χ0n) is 21.7. The Morgan fingerprint density at radius 3 is 2.60 bits per heavy atom. The van der Waals surface area contributed by atoms with Crippen LogP contribution in [0, 0.1) is 3.57 Å². The molecule has 0 unspecified atom stereocenters. The second-order valence-electron chi connectivity index (χ2n) is 9.24. The Morgan fingerprint density at radius 2 is 1.82 bits per heavy atom. The van der Waals surface area contributed by atoms with Crippen molar-refractivity contribution in [3.05, 3.63) is 96.4 Å². The van der Waals surface area contributed by atoms with Gasteiger partial charge in [0.15, 0.2) is 11.5 Å². The Kier molecular flexibility index (Phi) is 9.02. The van der Waals surface area contributed by atoms with E-state index in [9.17, 15) is 14.4 Å². The largest absolute Gasteiger partial charge is 0.490 e. The Bertz CT molecular complexity index is 1510. The van der Waals surface area contributed by atoms with Crippen LogP contribution in [0.25, 0.3) is 6.08 Å². The van der Waals surface area contributed by atoms with Gasteiger partial charge < -0.3 is 14.4 Å². The van der Waals surface area contributed by atoms with Crippen LogP contribution in [0.4, 0.5) is 4.79 Å². The van der Waals surface area contributed by atoms with Crippen LogP contribution >= 0.6 is 46.0 Å². The maximum atomic E-state index is 13.2. The van der Waals surface area contributed by atoms with Gasteiger partial charge in [-0.1, -0.05) is 54.1 Å². The van der Waals surface area contributed by atoms with Crippen molar-refractivity contribution in [1.82, 2.24) is 9.80 Å². The lowest BCUT2D eigenvalue weighted by Crippen LogP contribution is -2.44. The molecule has 2 aliphatic heterocycles. The molecule has 3 amide bonds. The van der Waals surface area contributed by atoms with Gasteiger partial charge in [0.25, 0.3) is 11.1 Å². The molecule has 206 valence electrons. The van der Waals surface area contributed by atoms with Crippen LogP contribution in [0.15, 0.2) is 65.6 Å². The minimum atomic E-state index is -0.479. The number of hydrogen-bond acceptors (Lipinski definition) is 6. The van der Waals surface area contributed by atoms with Crippen molar-refractivity contribution >= 4 is 69.1 Å². The van der Waals surface area contributed by atoms with Gasteiger partial charge in [0.05, 0.1) is 15.1 Å². The molecule has 7 nitrogen and oxygen atoms in total. The fourth-order valence-electron chi connectivity index (χ4n) is 4.57. The van der Waals surface area contributed by atoms with Crippen LogP contribution in [-0.4, -0.2) is 46.5 Å². The van der Waals surface area contributed by atoms with Crippen LogP contribution in [0.3, 0.4) is 0 Å². The third-order valence-corrected chi connectivity index (χ3v) is 8.69. The number of carbonyl (C=O) groups is 3. The zero-order valence-corrected chi connectivity index (χ0v) is 25.4. The van der Waals surface area contributed by atoms with E-state index < -0.39 is 11.1 Å². The van der Waals surface area contributed by atoms with Gasteiger partial charge in [-0.25, -0.2) is 0 Å². The molecule has 0 N–H and O–H groups in total. The number of imide groups is 1. The van der Waals surface area contributed by atoms with Gasteiger partial charge in [-0.3, -0.25) is 19.3 Å². The Balaban J connectivity index is 1.30. The van der Waals surface area contributed by atoms with E-state index in [-0.39, 0.29) is 24.0 Å². The zero-order chi connectivity index (χ0) is 28.2. The van der Waals surface area contributed by atoms with E-state index in [0.29, 0.717) is 41.8 Å². The quantitative estimate of drug-likeness (QED) is 0.198. The van der Waals surface area contributed by atoms with E-state index >= 15 is 0 Å². The van der Waals surface area contributed by atoms with Crippen molar-refractivity contribution in [2.75, 3.05) is 19.7 Å². The molecule has 0 radical (unpaired) electrons. The topological polar surface area (TPSA) is 76.2 Å². The highest BCUT2D eigenvalue weighted by molar-refractivity contribution is 14.1. The SMILES string of the molecule is CCOc1cc(/C=C2/SC(=O)N(CC(=O)N3CCc4ccccc4C3)C2=O)cc(I)c1OCc1ccccc1Cl. The predicted octanol–water partition coefficient (Wildman–Crippen LogP) is 6.54. The number of carbonyl (C=O) groups excluding carboxylic acids is 3. The fraction of sp³-hybridized carbons (Fsp3) is 0.233. The number of rotatable bonds is 8. The fourth-order valence-corrected chi connectivity index (χ4v) is 6.38. The number of thioether (sulfide) groups is 1. The van der Waals surface area contributed by atoms with Crippen LogP contribution in [-0.2, 0) is 29.2 Å². The molecule has 40 heavy (non-hydrogen) atoms. The molecule has 3 aromatic rings. The Labute approximate surface area is 255 Å². The molecule has 0 bridgehead atoms. The van der Waals surface area contributed by atoms with E-state index in [1.54, 1.807) is 17.0 Å². The molecule has 5 rings (SSSR count). The van der Waals surface area contributed by atoms with Gasteiger partial charge in [0, 0.05) is 23.7 Å². The first-order valence-corrected chi connectivity index (χ1v) is 15.0. The van der Waals surface area contributed by atoms with E-state index in [2.05, 4.69) is 28.7 Å². The third-order valence-electron chi connectivity index (χ3n) is 6.61. The molecule has 0 saturated carbocycles. The third kappa shape index (κ3) is 6.31. The first kappa shape index (κ1) is 28.5. The highest BCUT2D eigenvalue weighted by Gasteiger charge is 2.37. The molecule has 1 fully saturated rings. The molecular weight excluding hydrogens is 663 g/mol. The van der Waals surface area contributed by atoms with Crippen LogP contribution in [0.1, 0.15) is 29.2 Å². The molecule has 0 aromatic heterocycles. The molecule has 3 aromatic carbocycles. The smallest absolute Gasteiger partial charge is 0.294 e. The molecule has 10 heteroatoms. The number of nitrogens with zero attached hydrogens (tertiary/aromatic N) is 2. The normalized spacial score (nSPS) is 15.9. The number of amides is 3. The summed E-state index contributed by atoms with van der Waals surface area (Å²) in [5, 5.41) is 0.160. The summed E-state index contributed by atoms with van der Waals surface area (Å²) in [6.07, 6.45) is 2.40. The first-order valence-electron chi connectivity index (χ1n) is 12.8. The molecule has 0 atom stereocenters. The minimum Gasteiger partial charge on any atom is -0.490 e. The summed E-state index contributed by atoms with van der Waals surface area (Å²) in [6, 6.07) is 19.1. The lowest BCUT2D eigenvalue weighted by atomic mass is 10.00. The van der Waals surface area contributed by atoms with Crippen molar-refractivity contribution in [3.63, 3.8) is 0 Å². The number of hydrogen-bond donors (Lipinski definition) is 0. The number of benzene rings is 3. The Morgan fingerprint density at radius 1 is 1.07 bits per heavy atom. The van der Waals surface area contributed by atoms with E-state index in [4.69, 9.17) is 21.1 Å². The van der Waals surface area contributed by atoms with Crippen LogP contribution < -0.4 is 9.47 Å². The minimum absolute atomic E-state index is 0.244. The monoisotopic (exact) mass is 688 g/mol. The van der Waals surface area contributed by atoms with Gasteiger partial charge in [0.2, 0.25) is 5.91 Å². The lowest BCUT2D eigenvalue weighted by Gasteiger charge is -2.29. The summed E-state index contributed by atoms with van der Waals surface area (Å²) in [5.41, 5.74) is 3.85. The maximum Gasteiger partial charge on any atom is 0.294 e. The first-order chi connectivity index (χ1) is 19.3. The average Bonchev–Trinajstić information content (AvgIpc) is 3.20. The lowest BCUT2D eigenvalue weighted by molar-refractivity contribution is -0.136. The van der Waals surface area contributed by atoms with Crippen molar-refractivity contribution in [2.45, 2.75) is 26.5 Å². The Hall–Kier alpha value is -3.02. The second kappa shape index (κ2) is 12.7. The van der Waals surface area contributed by atoms with Gasteiger partial charge >= 0.3 is 0 Å². The van der Waals surface area contributed by atoms with Crippen molar-refractivity contribution < 1.29 is 23.9 Å². The summed E-state index contributed by atoms with van der Waals surface area (Å²) in [5.74, 6) is 0.368. The number of halogens is 2. The summed E-state index contributed by atoms with van der Waals surface area (Å²) < 4.78 is 12.7. The van der Waals surface area contributed by atoms with Crippen LogP contribution in [0.5, 0.6) is 11.5 Å². The van der Waals surface area contributed by atoms with Gasteiger partial charge in [-0.05, 0) is 88.7 Å². The summed E-state index contributed by atoms with van der Waals surface area (Å²) >= 11 is 9.26. The van der Waals surface area contributed by atoms with Crippen molar-refractivity contribution in [3.8, 4) is 11.5 Å². The van der Waals surface area contributed by atoms with Crippen molar-refractivity contribution in [2.24, 2.45) is 0 Å². The van der Waals surface area contributed by atoms with Gasteiger partial charge in [-0.2, -0.15) is 0 Å². The highest BCUT2D eigenvalue weighted by atomic mass is 127. The molecular formula is C30H26ClIN2O5S. The average molecular weight is 689 g/mol.